The number of rotatable bonds is 5. The Morgan fingerprint density at radius 3 is 2.62 bits per heavy atom. The van der Waals surface area contributed by atoms with Gasteiger partial charge in [0, 0.05) is 12.7 Å². The minimum absolute atomic E-state index is 0.859. The van der Waals surface area contributed by atoms with Crippen LogP contribution in [0.15, 0.2) is 42.6 Å². The molecule has 0 spiro atoms. The lowest BCUT2D eigenvalue weighted by Gasteiger charge is -2.26. The molecule has 0 bridgehead atoms. The smallest absolute Gasteiger partial charge is 0.0766 e. The molecule has 1 N–H and O–H groups in total. The first-order chi connectivity index (χ1) is 10.3. The van der Waals surface area contributed by atoms with E-state index in [9.17, 15) is 0 Å². The van der Waals surface area contributed by atoms with Crippen LogP contribution in [0.1, 0.15) is 38.3 Å². The van der Waals surface area contributed by atoms with Crippen molar-refractivity contribution in [1.82, 2.24) is 15.1 Å². The van der Waals surface area contributed by atoms with Crippen molar-refractivity contribution in [2.45, 2.75) is 39.2 Å². The SMILES string of the molecule is CC1CCC(CNCc2ccn(-c3ccccc3)n2)CC1. The van der Waals surface area contributed by atoms with Gasteiger partial charge in [0.15, 0.2) is 0 Å². The molecule has 0 unspecified atom stereocenters. The lowest BCUT2D eigenvalue weighted by Crippen LogP contribution is -2.25. The number of para-hydroxylation sites is 1. The largest absolute Gasteiger partial charge is 0.311 e. The number of hydrogen-bond acceptors (Lipinski definition) is 2. The van der Waals surface area contributed by atoms with Crippen molar-refractivity contribution in [3.8, 4) is 5.69 Å². The first-order valence-corrected chi connectivity index (χ1v) is 8.12. The number of hydrogen-bond donors (Lipinski definition) is 1. The quantitative estimate of drug-likeness (QED) is 0.905. The van der Waals surface area contributed by atoms with E-state index in [0.29, 0.717) is 0 Å². The van der Waals surface area contributed by atoms with Crippen LogP contribution in [0.3, 0.4) is 0 Å². The fourth-order valence-corrected chi connectivity index (χ4v) is 3.12. The van der Waals surface area contributed by atoms with E-state index in [1.165, 1.54) is 25.7 Å². The molecule has 1 heterocycles. The highest BCUT2D eigenvalue weighted by Crippen LogP contribution is 2.27. The summed E-state index contributed by atoms with van der Waals surface area (Å²) in [7, 11) is 0. The van der Waals surface area contributed by atoms with Gasteiger partial charge in [-0.25, -0.2) is 4.68 Å². The Bertz CT molecular complexity index is 539. The second-order valence-corrected chi connectivity index (χ2v) is 6.34. The zero-order valence-corrected chi connectivity index (χ0v) is 12.8. The Hall–Kier alpha value is -1.61. The van der Waals surface area contributed by atoms with Crippen LogP contribution in [-0.2, 0) is 6.54 Å². The maximum Gasteiger partial charge on any atom is 0.0766 e. The Balaban J connectivity index is 1.47. The van der Waals surface area contributed by atoms with Crippen molar-refractivity contribution < 1.29 is 0 Å². The number of benzene rings is 1. The lowest BCUT2D eigenvalue weighted by molar-refractivity contribution is 0.281. The van der Waals surface area contributed by atoms with E-state index in [-0.39, 0.29) is 0 Å². The van der Waals surface area contributed by atoms with Crippen molar-refractivity contribution in [2.75, 3.05) is 6.54 Å². The molecule has 1 aromatic heterocycles. The van der Waals surface area contributed by atoms with Crippen LogP contribution < -0.4 is 5.32 Å². The molecule has 21 heavy (non-hydrogen) atoms. The summed E-state index contributed by atoms with van der Waals surface area (Å²) in [5.74, 6) is 1.79. The van der Waals surface area contributed by atoms with Crippen LogP contribution in [-0.4, -0.2) is 16.3 Å². The highest BCUT2D eigenvalue weighted by molar-refractivity contribution is 5.30. The fraction of sp³-hybridized carbons (Fsp3) is 0.500. The van der Waals surface area contributed by atoms with Gasteiger partial charge in [0.1, 0.15) is 0 Å². The summed E-state index contributed by atoms with van der Waals surface area (Å²) in [5, 5.41) is 8.20. The average Bonchev–Trinajstić information content (AvgIpc) is 2.99. The minimum Gasteiger partial charge on any atom is -0.311 e. The summed E-state index contributed by atoms with van der Waals surface area (Å²) in [6, 6.07) is 12.4. The zero-order chi connectivity index (χ0) is 14.5. The van der Waals surface area contributed by atoms with Crippen molar-refractivity contribution in [3.63, 3.8) is 0 Å². The van der Waals surface area contributed by atoms with E-state index in [0.717, 1.165) is 36.3 Å². The fourth-order valence-electron chi connectivity index (χ4n) is 3.12. The van der Waals surface area contributed by atoms with Gasteiger partial charge in [0.05, 0.1) is 11.4 Å². The van der Waals surface area contributed by atoms with Crippen molar-refractivity contribution in [1.29, 1.82) is 0 Å². The molecule has 2 aromatic rings. The molecule has 0 atom stereocenters. The summed E-state index contributed by atoms with van der Waals surface area (Å²) >= 11 is 0. The second-order valence-electron chi connectivity index (χ2n) is 6.34. The highest BCUT2D eigenvalue weighted by Gasteiger charge is 2.17. The summed E-state index contributed by atoms with van der Waals surface area (Å²) in [6.45, 7) is 4.37. The topological polar surface area (TPSA) is 29.9 Å². The van der Waals surface area contributed by atoms with E-state index in [4.69, 9.17) is 0 Å². The molecule has 1 aliphatic carbocycles. The molecule has 0 aliphatic heterocycles. The van der Waals surface area contributed by atoms with Gasteiger partial charge in [0.25, 0.3) is 0 Å². The number of nitrogens with zero attached hydrogens (tertiary/aromatic N) is 2. The van der Waals surface area contributed by atoms with Crippen molar-refractivity contribution >= 4 is 0 Å². The molecule has 0 saturated heterocycles. The Morgan fingerprint density at radius 1 is 1.10 bits per heavy atom. The van der Waals surface area contributed by atoms with Crippen LogP contribution in [0, 0.1) is 11.8 Å². The zero-order valence-electron chi connectivity index (χ0n) is 12.8. The minimum atomic E-state index is 0.859. The molecule has 3 heteroatoms. The molecule has 0 radical (unpaired) electrons. The summed E-state index contributed by atoms with van der Waals surface area (Å²) in [5.41, 5.74) is 2.23. The molecule has 1 fully saturated rings. The van der Waals surface area contributed by atoms with Gasteiger partial charge in [-0.15, -0.1) is 0 Å². The maximum atomic E-state index is 4.63. The predicted octanol–water partition coefficient (Wildman–Crippen LogP) is 3.79. The van der Waals surface area contributed by atoms with Gasteiger partial charge in [-0.3, -0.25) is 0 Å². The monoisotopic (exact) mass is 283 g/mol. The third-order valence-electron chi connectivity index (χ3n) is 4.54. The average molecular weight is 283 g/mol. The van der Waals surface area contributed by atoms with Gasteiger partial charge < -0.3 is 5.32 Å². The van der Waals surface area contributed by atoms with Crippen molar-refractivity contribution in [2.24, 2.45) is 11.8 Å². The second kappa shape index (κ2) is 6.90. The van der Waals surface area contributed by atoms with E-state index in [1.807, 2.05) is 29.1 Å². The Morgan fingerprint density at radius 2 is 1.86 bits per heavy atom. The molecule has 1 aliphatic rings. The molecular weight excluding hydrogens is 258 g/mol. The van der Waals surface area contributed by atoms with E-state index < -0.39 is 0 Å². The molecule has 3 rings (SSSR count). The molecule has 1 saturated carbocycles. The first kappa shape index (κ1) is 14.3. The summed E-state index contributed by atoms with van der Waals surface area (Å²) in [6.07, 6.45) is 7.60. The van der Waals surface area contributed by atoms with E-state index in [1.54, 1.807) is 0 Å². The number of aromatic nitrogens is 2. The van der Waals surface area contributed by atoms with Gasteiger partial charge in [-0.05, 0) is 49.4 Å². The van der Waals surface area contributed by atoms with Crippen LogP contribution in [0.4, 0.5) is 0 Å². The lowest BCUT2D eigenvalue weighted by atomic mass is 9.83. The maximum absolute atomic E-state index is 4.63. The predicted molar refractivity (Wildman–Crippen MR) is 86.4 cm³/mol. The van der Waals surface area contributed by atoms with Gasteiger partial charge in [0.2, 0.25) is 0 Å². The third-order valence-corrected chi connectivity index (χ3v) is 4.54. The van der Waals surface area contributed by atoms with Crippen LogP contribution >= 0.6 is 0 Å². The summed E-state index contributed by atoms with van der Waals surface area (Å²) < 4.78 is 1.94. The van der Waals surface area contributed by atoms with Gasteiger partial charge >= 0.3 is 0 Å². The first-order valence-electron chi connectivity index (χ1n) is 8.12. The number of nitrogens with one attached hydrogen (secondary N) is 1. The van der Waals surface area contributed by atoms with E-state index >= 15 is 0 Å². The van der Waals surface area contributed by atoms with Crippen LogP contribution in [0.25, 0.3) is 5.69 Å². The molecular formula is C18H25N3. The molecule has 3 nitrogen and oxygen atoms in total. The third kappa shape index (κ3) is 3.94. The molecule has 1 aromatic carbocycles. The van der Waals surface area contributed by atoms with Crippen LogP contribution in [0.5, 0.6) is 0 Å². The Labute approximate surface area is 127 Å². The molecule has 112 valence electrons. The summed E-state index contributed by atoms with van der Waals surface area (Å²) in [4.78, 5) is 0. The van der Waals surface area contributed by atoms with Gasteiger partial charge in [-0.2, -0.15) is 5.10 Å². The van der Waals surface area contributed by atoms with Crippen LogP contribution in [0.2, 0.25) is 0 Å². The Kier molecular flexibility index (Phi) is 4.71. The van der Waals surface area contributed by atoms with Gasteiger partial charge in [-0.1, -0.05) is 38.0 Å². The highest BCUT2D eigenvalue weighted by atomic mass is 15.3. The van der Waals surface area contributed by atoms with E-state index in [2.05, 4.69) is 35.5 Å². The molecule has 0 amide bonds. The normalized spacial score (nSPS) is 22.3. The standard InChI is InChI=1S/C18H25N3/c1-15-7-9-16(10-8-15)13-19-14-17-11-12-21(20-17)18-5-3-2-4-6-18/h2-6,11-12,15-16,19H,7-10,13-14H2,1H3. The van der Waals surface area contributed by atoms with Crippen molar-refractivity contribution in [3.05, 3.63) is 48.3 Å².